The Morgan fingerprint density at radius 1 is 1.00 bits per heavy atom. The Morgan fingerprint density at radius 3 is 2.36 bits per heavy atom. The lowest BCUT2D eigenvalue weighted by molar-refractivity contribution is -0.124. The Hall–Kier alpha value is -3.43. The van der Waals surface area contributed by atoms with Gasteiger partial charge in [0.1, 0.15) is 6.04 Å². The predicted octanol–water partition coefficient (Wildman–Crippen LogP) is 5.04. The van der Waals surface area contributed by atoms with Crippen molar-refractivity contribution in [2.45, 2.75) is 18.9 Å². The number of amides is 2. The summed E-state index contributed by atoms with van der Waals surface area (Å²) >= 11 is 9.14. The number of carbonyl (C=O) groups is 2. The average Bonchev–Trinajstić information content (AvgIpc) is 3.12. The van der Waals surface area contributed by atoms with Gasteiger partial charge in [-0.05, 0) is 72.7 Å². The third-order valence-electron chi connectivity index (χ3n) is 5.93. The van der Waals surface area contributed by atoms with Crippen molar-refractivity contribution in [2.24, 2.45) is 0 Å². The van der Waals surface area contributed by atoms with Crippen LogP contribution in [-0.2, 0) is 16.0 Å². The molecule has 3 aromatic rings. The molecule has 1 saturated heterocycles. The van der Waals surface area contributed by atoms with Crippen LogP contribution < -0.4 is 19.7 Å². The first-order valence-electron chi connectivity index (χ1n) is 11.4. The molecule has 1 atom stereocenters. The Balaban J connectivity index is 1.55. The van der Waals surface area contributed by atoms with Crippen LogP contribution in [0.2, 0.25) is 0 Å². The molecule has 186 valence electrons. The van der Waals surface area contributed by atoms with E-state index in [0.717, 1.165) is 10.0 Å². The van der Waals surface area contributed by atoms with Gasteiger partial charge in [-0.25, -0.2) is 0 Å². The van der Waals surface area contributed by atoms with Gasteiger partial charge in [0.2, 0.25) is 5.91 Å². The SMILES string of the molecule is COc1ccc(CCN2C(=S)N(c3ccccc3)C(=O)[C@@H]2CC(=O)Nc2ccc(Br)cc2)cc1OC. The molecule has 1 fully saturated rings. The molecule has 9 heteroatoms. The van der Waals surface area contributed by atoms with E-state index in [9.17, 15) is 9.59 Å². The number of para-hydroxylation sites is 1. The van der Waals surface area contributed by atoms with Gasteiger partial charge < -0.3 is 19.7 Å². The summed E-state index contributed by atoms with van der Waals surface area (Å²) in [5, 5.41) is 3.26. The monoisotopic (exact) mass is 567 g/mol. The fraction of sp³-hybridized carbons (Fsp3) is 0.222. The van der Waals surface area contributed by atoms with E-state index in [1.807, 2.05) is 65.6 Å². The molecule has 0 aliphatic carbocycles. The van der Waals surface area contributed by atoms with E-state index in [4.69, 9.17) is 21.7 Å². The fourth-order valence-corrected chi connectivity index (χ4v) is 4.79. The quantitative estimate of drug-likeness (QED) is 0.365. The number of rotatable bonds is 9. The molecule has 1 heterocycles. The number of hydrogen-bond acceptors (Lipinski definition) is 5. The Bertz CT molecular complexity index is 1250. The van der Waals surface area contributed by atoms with E-state index in [1.165, 1.54) is 4.90 Å². The highest BCUT2D eigenvalue weighted by atomic mass is 79.9. The standard InChI is InChI=1S/C27H26BrN3O4S/c1-34-23-13-8-18(16-24(23)35-2)14-15-30-22(17-25(32)29-20-11-9-19(28)10-12-20)26(33)31(27(30)36)21-6-4-3-5-7-21/h3-13,16,22H,14-15,17H2,1-2H3,(H,29,32)/t22-/m0/s1. The molecule has 36 heavy (non-hydrogen) atoms. The summed E-state index contributed by atoms with van der Waals surface area (Å²) in [5.41, 5.74) is 2.34. The van der Waals surface area contributed by atoms with Gasteiger partial charge in [-0.3, -0.25) is 14.5 Å². The van der Waals surface area contributed by atoms with E-state index in [0.29, 0.717) is 41.0 Å². The number of halogens is 1. The molecule has 3 aromatic carbocycles. The third-order valence-corrected chi connectivity index (χ3v) is 6.87. The maximum atomic E-state index is 13.5. The molecule has 7 nitrogen and oxygen atoms in total. The van der Waals surface area contributed by atoms with Crippen LogP contribution in [0.1, 0.15) is 12.0 Å². The Kier molecular flexibility index (Phi) is 8.22. The zero-order valence-electron chi connectivity index (χ0n) is 19.9. The molecule has 4 rings (SSSR count). The molecular formula is C27H26BrN3O4S. The van der Waals surface area contributed by atoms with Gasteiger partial charge in [0.25, 0.3) is 5.91 Å². The molecule has 0 bridgehead atoms. The van der Waals surface area contributed by atoms with Gasteiger partial charge in [0.15, 0.2) is 16.6 Å². The number of ether oxygens (including phenoxy) is 2. The van der Waals surface area contributed by atoms with Crippen LogP contribution in [-0.4, -0.2) is 48.6 Å². The number of hydrogen-bond donors (Lipinski definition) is 1. The lowest BCUT2D eigenvalue weighted by Crippen LogP contribution is -2.39. The minimum Gasteiger partial charge on any atom is -0.493 e. The molecule has 0 radical (unpaired) electrons. The van der Waals surface area contributed by atoms with Crippen molar-refractivity contribution in [1.29, 1.82) is 0 Å². The first kappa shape index (κ1) is 25.7. The summed E-state index contributed by atoms with van der Waals surface area (Å²) in [5.74, 6) is 0.797. The molecule has 1 N–H and O–H groups in total. The Morgan fingerprint density at radius 2 is 1.69 bits per heavy atom. The van der Waals surface area contributed by atoms with E-state index in [-0.39, 0.29) is 18.2 Å². The summed E-state index contributed by atoms with van der Waals surface area (Å²) in [7, 11) is 3.18. The largest absolute Gasteiger partial charge is 0.493 e. The van der Waals surface area contributed by atoms with Crippen LogP contribution in [0.15, 0.2) is 77.3 Å². The highest BCUT2D eigenvalue weighted by molar-refractivity contribution is 9.10. The van der Waals surface area contributed by atoms with E-state index in [1.54, 1.807) is 26.4 Å². The first-order valence-corrected chi connectivity index (χ1v) is 12.6. The second-order valence-electron chi connectivity index (χ2n) is 8.20. The number of methoxy groups -OCH3 is 2. The summed E-state index contributed by atoms with van der Waals surface area (Å²) in [6.07, 6.45) is 0.575. The highest BCUT2D eigenvalue weighted by Crippen LogP contribution is 2.30. The minimum absolute atomic E-state index is 0.0235. The Labute approximate surface area is 224 Å². The summed E-state index contributed by atoms with van der Waals surface area (Å²) in [6, 6.07) is 21.5. The molecule has 0 spiro atoms. The van der Waals surface area contributed by atoms with Gasteiger partial charge in [0, 0.05) is 16.7 Å². The van der Waals surface area contributed by atoms with Crippen LogP contribution in [0.5, 0.6) is 11.5 Å². The van der Waals surface area contributed by atoms with Crippen molar-refractivity contribution in [3.8, 4) is 11.5 Å². The van der Waals surface area contributed by atoms with E-state index >= 15 is 0 Å². The number of anilines is 2. The van der Waals surface area contributed by atoms with Gasteiger partial charge >= 0.3 is 0 Å². The van der Waals surface area contributed by atoms with Crippen LogP contribution in [0, 0.1) is 0 Å². The summed E-state index contributed by atoms with van der Waals surface area (Å²) in [4.78, 5) is 29.8. The molecule has 0 aromatic heterocycles. The normalized spacial score (nSPS) is 15.2. The highest BCUT2D eigenvalue weighted by Gasteiger charge is 2.43. The van der Waals surface area contributed by atoms with Crippen molar-refractivity contribution in [3.63, 3.8) is 0 Å². The number of nitrogens with one attached hydrogen (secondary N) is 1. The van der Waals surface area contributed by atoms with Crippen molar-refractivity contribution in [2.75, 3.05) is 31.0 Å². The smallest absolute Gasteiger partial charge is 0.256 e. The summed E-state index contributed by atoms with van der Waals surface area (Å²) in [6.45, 7) is 0.458. The number of nitrogens with zero attached hydrogens (tertiary/aromatic N) is 2. The first-order chi connectivity index (χ1) is 17.4. The molecule has 1 aliphatic heterocycles. The topological polar surface area (TPSA) is 71.1 Å². The van der Waals surface area contributed by atoms with Crippen LogP contribution in [0.4, 0.5) is 11.4 Å². The van der Waals surface area contributed by atoms with Gasteiger partial charge in [-0.1, -0.05) is 40.2 Å². The molecule has 0 unspecified atom stereocenters. The minimum atomic E-state index is -0.715. The van der Waals surface area contributed by atoms with Crippen molar-refractivity contribution in [3.05, 3.63) is 82.8 Å². The maximum absolute atomic E-state index is 13.5. The number of carbonyl (C=O) groups excluding carboxylic acids is 2. The second kappa shape index (κ2) is 11.5. The van der Waals surface area contributed by atoms with Crippen molar-refractivity contribution in [1.82, 2.24) is 4.90 Å². The zero-order valence-corrected chi connectivity index (χ0v) is 22.3. The van der Waals surface area contributed by atoms with Crippen LogP contribution >= 0.6 is 28.1 Å². The van der Waals surface area contributed by atoms with Gasteiger partial charge in [-0.15, -0.1) is 0 Å². The second-order valence-corrected chi connectivity index (χ2v) is 9.48. The average molecular weight is 568 g/mol. The van der Waals surface area contributed by atoms with Crippen LogP contribution in [0.3, 0.4) is 0 Å². The zero-order chi connectivity index (χ0) is 25.7. The number of benzene rings is 3. The molecular weight excluding hydrogens is 542 g/mol. The van der Waals surface area contributed by atoms with Crippen molar-refractivity contribution < 1.29 is 19.1 Å². The third kappa shape index (κ3) is 5.68. The predicted molar refractivity (Wildman–Crippen MR) is 148 cm³/mol. The van der Waals surface area contributed by atoms with Crippen LogP contribution in [0.25, 0.3) is 0 Å². The fourth-order valence-electron chi connectivity index (χ4n) is 4.11. The molecule has 1 aliphatic rings. The molecule has 0 saturated carbocycles. The lowest BCUT2D eigenvalue weighted by Gasteiger charge is -2.24. The molecule has 2 amide bonds. The van der Waals surface area contributed by atoms with E-state index in [2.05, 4.69) is 21.2 Å². The lowest BCUT2D eigenvalue weighted by atomic mass is 10.1. The van der Waals surface area contributed by atoms with Crippen molar-refractivity contribution >= 4 is 56.4 Å². The van der Waals surface area contributed by atoms with Gasteiger partial charge in [-0.2, -0.15) is 0 Å². The summed E-state index contributed by atoms with van der Waals surface area (Å²) < 4.78 is 11.7. The number of thiocarbonyl (C=S) groups is 1. The van der Waals surface area contributed by atoms with E-state index < -0.39 is 6.04 Å². The maximum Gasteiger partial charge on any atom is 0.256 e. The van der Waals surface area contributed by atoms with Gasteiger partial charge in [0.05, 0.1) is 26.3 Å².